The Labute approximate surface area is 112 Å². The first-order chi connectivity index (χ1) is 8.70. The van der Waals surface area contributed by atoms with Crippen LogP contribution in [0.4, 0.5) is 0 Å². The first-order valence-electron chi connectivity index (χ1n) is 6.72. The second-order valence-corrected chi connectivity index (χ2v) is 5.95. The van der Waals surface area contributed by atoms with Gasteiger partial charge in [0.05, 0.1) is 5.70 Å². The van der Waals surface area contributed by atoms with Crippen LogP contribution in [0.2, 0.25) is 0 Å². The number of piperidine rings is 2. The molecule has 1 N–H and O–H groups in total. The van der Waals surface area contributed by atoms with E-state index in [-0.39, 0.29) is 11.0 Å². The number of hydrogen-bond acceptors (Lipinski definition) is 4. The fraction of sp³-hybridized carbons (Fsp3) is 0.769. The highest BCUT2D eigenvalue weighted by molar-refractivity contribution is 6.42. The van der Waals surface area contributed by atoms with Gasteiger partial charge < -0.3 is 15.0 Å². The number of esters is 1. The van der Waals surface area contributed by atoms with Crippen LogP contribution in [0.25, 0.3) is 0 Å². The molecule has 0 aliphatic carbocycles. The monoisotopic (exact) mass is 270 g/mol. The lowest BCUT2D eigenvalue weighted by atomic mass is 9.71. The number of nitrogens with zero attached hydrogens (tertiary/aromatic N) is 1. The van der Waals surface area contributed by atoms with Gasteiger partial charge in [-0.25, -0.2) is 4.79 Å². The van der Waals surface area contributed by atoms with Crippen molar-refractivity contribution in [2.24, 2.45) is 5.41 Å². The average Bonchev–Trinajstić information content (AvgIpc) is 2.73. The van der Waals surface area contributed by atoms with E-state index in [0.717, 1.165) is 31.9 Å². The smallest absolute Gasteiger partial charge is 0.352 e. The third-order valence-electron chi connectivity index (χ3n) is 4.64. The lowest BCUT2D eigenvalue weighted by Crippen LogP contribution is -2.45. The average molecular weight is 271 g/mol. The molecule has 0 saturated carbocycles. The molecule has 0 aromatic carbocycles. The van der Waals surface area contributed by atoms with Gasteiger partial charge in [0.1, 0.15) is 11.6 Å². The molecule has 0 aromatic heterocycles. The number of ether oxygens (including phenoxy) is 1. The van der Waals surface area contributed by atoms with E-state index in [2.05, 4.69) is 10.2 Å². The summed E-state index contributed by atoms with van der Waals surface area (Å²) >= 11 is 5.99. The highest BCUT2D eigenvalue weighted by Gasteiger charge is 2.37. The molecular formula is C13H19ClN2O2. The molecule has 0 aromatic rings. The Morgan fingerprint density at radius 3 is 2.39 bits per heavy atom. The van der Waals surface area contributed by atoms with E-state index in [9.17, 15) is 4.79 Å². The third kappa shape index (κ3) is 2.12. The van der Waals surface area contributed by atoms with E-state index in [4.69, 9.17) is 16.3 Å². The van der Waals surface area contributed by atoms with Crippen molar-refractivity contribution in [2.75, 3.05) is 32.8 Å². The zero-order chi connectivity index (χ0) is 12.6. The molecule has 0 unspecified atom stereocenters. The quantitative estimate of drug-likeness (QED) is 0.733. The summed E-state index contributed by atoms with van der Waals surface area (Å²) in [5.74, 6) is -0.367. The largest absolute Gasteiger partial charge is 0.455 e. The van der Waals surface area contributed by atoms with Crippen molar-refractivity contribution in [1.82, 2.24) is 10.2 Å². The fourth-order valence-corrected chi connectivity index (χ4v) is 3.55. The maximum atomic E-state index is 11.3. The van der Waals surface area contributed by atoms with Gasteiger partial charge in [-0.05, 0) is 44.2 Å². The molecule has 0 atom stereocenters. The topological polar surface area (TPSA) is 41.6 Å². The minimum Gasteiger partial charge on any atom is -0.455 e. The number of carbonyl (C=O) groups excluding carboxylic acids is 1. The zero-order valence-electron chi connectivity index (χ0n) is 10.5. The van der Waals surface area contributed by atoms with Crippen molar-refractivity contribution in [2.45, 2.75) is 25.7 Å². The van der Waals surface area contributed by atoms with Crippen molar-refractivity contribution in [3.05, 3.63) is 10.7 Å². The van der Waals surface area contributed by atoms with Crippen molar-refractivity contribution in [1.29, 1.82) is 0 Å². The van der Waals surface area contributed by atoms with Gasteiger partial charge in [-0.15, -0.1) is 0 Å². The lowest BCUT2D eigenvalue weighted by molar-refractivity contribution is -0.135. The number of carbonyl (C=O) groups is 1. The molecule has 18 heavy (non-hydrogen) atoms. The van der Waals surface area contributed by atoms with Crippen LogP contribution < -0.4 is 5.32 Å². The minimum atomic E-state index is -0.367. The van der Waals surface area contributed by atoms with Crippen LogP contribution >= 0.6 is 11.6 Å². The van der Waals surface area contributed by atoms with Crippen LogP contribution in [0, 0.1) is 5.41 Å². The van der Waals surface area contributed by atoms with Gasteiger partial charge >= 0.3 is 5.97 Å². The normalized spacial score (nSPS) is 27.8. The van der Waals surface area contributed by atoms with Gasteiger partial charge in [-0.2, -0.15) is 0 Å². The number of cyclic esters (lactones) is 1. The SMILES string of the molecule is O=C1OCC(N2CCC3(CCNCC3)CC2)=C1Cl. The van der Waals surface area contributed by atoms with Gasteiger partial charge in [0.2, 0.25) is 0 Å². The van der Waals surface area contributed by atoms with Crippen LogP contribution in [0.5, 0.6) is 0 Å². The van der Waals surface area contributed by atoms with Crippen molar-refractivity contribution >= 4 is 17.6 Å². The number of halogens is 1. The molecule has 5 heteroatoms. The van der Waals surface area contributed by atoms with Gasteiger partial charge in [0, 0.05) is 13.1 Å². The minimum absolute atomic E-state index is 0.288. The van der Waals surface area contributed by atoms with Crippen LogP contribution in [0.15, 0.2) is 10.7 Å². The molecule has 100 valence electrons. The highest BCUT2D eigenvalue weighted by Crippen LogP contribution is 2.41. The maximum absolute atomic E-state index is 11.3. The predicted molar refractivity (Wildman–Crippen MR) is 69.2 cm³/mol. The maximum Gasteiger partial charge on any atom is 0.352 e. The van der Waals surface area contributed by atoms with Crippen LogP contribution in [0.3, 0.4) is 0 Å². The summed E-state index contributed by atoms with van der Waals surface area (Å²) in [7, 11) is 0. The highest BCUT2D eigenvalue weighted by atomic mass is 35.5. The molecule has 0 radical (unpaired) electrons. The Hall–Kier alpha value is -0.740. The summed E-state index contributed by atoms with van der Waals surface area (Å²) in [4.78, 5) is 13.5. The Kier molecular flexibility index (Phi) is 3.24. The van der Waals surface area contributed by atoms with E-state index in [1.807, 2.05) is 0 Å². The van der Waals surface area contributed by atoms with E-state index in [1.54, 1.807) is 0 Å². The van der Waals surface area contributed by atoms with E-state index < -0.39 is 0 Å². The second kappa shape index (κ2) is 4.74. The van der Waals surface area contributed by atoms with Crippen LogP contribution in [-0.2, 0) is 9.53 Å². The summed E-state index contributed by atoms with van der Waals surface area (Å²) in [6, 6.07) is 0. The fourth-order valence-electron chi connectivity index (χ4n) is 3.32. The summed E-state index contributed by atoms with van der Waals surface area (Å²) in [6.45, 7) is 4.65. The molecule has 0 amide bonds. The Balaban J connectivity index is 1.65. The summed E-state index contributed by atoms with van der Waals surface area (Å²) < 4.78 is 4.97. The molecule has 0 bridgehead atoms. The van der Waals surface area contributed by atoms with Gasteiger partial charge in [0.25, 0.3) is 0 Å². The molecular weight excluding hydrogens is 252 g/mol. The van der Waals surface area contributed by atoms with E-state index in [0.29, 0.717) is 12.0 Å². The molecule has 1 spiro atoms. The molecule has 3 aliphatic rings. The van der Waals surface area contributed by atoms with Crippen molar-refractivity contribution in [3.8, 4) is 0 Å². The Morgan fingerprint density at radius 2 is 1.83 bits per heavy atom. The standard InChI is InChI=1S/C13H19ClN2O2/c14-11-10(9-18-12(11)17)16-7-3-13(4-8-16)1-5-15-6-2-13/h15H,1-9H2. The Bertz CT molecular complexity index is 378. The number of hydrogen-bond donors (Lipinski definition) is 1. The molecule has 3 aliphatic heterocycles. The lowest BCUT2D eigenvalue weighted by Gasteiger charge is -2.45. The number of rotatable bonds is 1. The van der Waals surface area contributed by atoms with Gasteiger partial charge in [-0.3, -0.25) is 0 Å². The summed E-state index contributed by atoms with van der Waals surface area (Å²) in [6.07, 6.45) is 4.97. The van der Waals surface area contributed by atoms with Gasteiger partial charge in [-0.1, -0.05) is 11.6 Å². The van der Waals surface area contributed by atoms with E-state index in [1.165, 1.54) is 25.7 Å². The van der Waals surface area contributed by atoms with E-state index >= 15 is 0 Å². The molecule has 2 saturated heterocycles. The van der Waals surface area contributed by atoms with Crippen molar-refractivity contribution < 1.29 is 9.53 Å². The second-order valence-electron chi connectivity index (χ2n) is 5.57. The summed E-state index contributed by atoms with van der Waals surface area (Å²) in [5, 5.41) is 3.71. The van der Waals surface area contributed by atoms with Crippen molar-refractivity contribution in [3.63, 3.8) is 0 Å². The first-order valence-corrected chi connectivity index (χ1v) is 7.09. The van der Waals surface area contributed by atoms with Gasteiger partial charge in [0.15, 0.2) is 0 Å². The van der Waals surface area contributed by atoms with Crippen LogP contribution in [-0.4, -0.2) is 43.7 Å². The summed E-state index contributed by atoms with van der Waals surface area (Å²) in [5.41, 5.74) is 1.42. The molecule has 3 heterocycles. The predicted octanol–water partition coefficient (Wildman–Crippen LogP) is 1.46. The number of nitrogens with one attached hydrogen (secondary N) is 1. The van der Waals surface area contributed by atoms with Crippen LogP contribution in [0.1, 0.15) is 25.7 Å². The first kappa shape index (κ1) is 12.3. The Morgan fingerprint density at radius 1 is 1.17 bits per heavy atom. The zero-order valence-corrected chi connectivity index (χ0v) is 11.3. The third-order valence-corrected chi connectivity index (χ3v) is 5.02. The molecule has 2 fully saturated rings. The molecule has 3 rings (SSSR count). The number of likely N-dealkylation sites (tertiary alicyclic amines) is 1. The molecule has 4 nitrogen and oxygen atoms in total.